The number of nitrogens with zero attached hydrogens (tertiary/aromatic N) is 2. The highest BCUT2D eigenvalue weighted by molar-refractivity contribution is 5.14. The molecule has 1 aromatic rings. The third kappa shape index (κ3) is 4.86. The molecular weight excluding hydrogens is 324 g/mol. The summed E-state index contributed by atoms with van der Waals surface area (Å²) in [7, 11) is 0. The van der Waals surface area contributed by atoms with Crippen molar-refractivity contribution in [3.05, 3.63) is 35.9 Å². The Kier molecular flexibility index (Phi) is 6.26. The largest absolute Gasteiger partial charge is 0.389 e. The second-order valence-electron chi connectivity index (χ2n) is 8.69. The highest BCUT2D eigenvalue weighted by atomic mass is 16.5. The molecule has 1 aliphatic heterocycles. The van der Waals surface area contributed by atoms with E-state index in [2.05, 4.69) is 40.1 Å². The average Bonchev–Trinajstić information content (AvgIpc) is 3.27. The van der Waals surface area contributed by atoms with Gasteiger partial charge in [-0.3, -0.25) is 9.80 Å². The van der Waals surface area contributed by atoms with Crippen LogP contribution in [0.2, 0.25) is 0 Å². The van der Waals surface area contributed by atoms with Gasteiger partial charge in [0.1, 0.15) is 0 Å². The summed E-state index contributed by atoms with van der Waals surface area (Å²) < 4.78 is 5.89. The van der Waals surface area contributed by atoms with Gasteiger partial charge in [-0.1, -0.05) is 36.8 Å². The van der Waals surface area contributed by atoms with Crippen LogP contribution in [0.15, 0.2) is 30.3 Å². The van der Waals surface area contributed by atoms with Gasteiger partial charge in [0.25, 0.3) is 0 Å². The summed E-state index contributed by atoms with van der Waals surface area (Å²) in [4.78, 5) is 4.89. The van der Waals surface area contributed by atoms with Crippen molar-refractivity contribution < 1.29 is 9.84 Å². The topological polar surface area (TPSA) is 35.9 Å². The van der Waals surface area contributed by atoms with Gasteiger partial charge >= 0.3 is 0 Å². The lowest BCUT2D eigenvalue weighted by molar-refractivity contribution is -0.00897. The maximum absolute atomic E-state index is 10.3. The Hall–Kier alpha value is -0.940. The minimum atomic E-state index is -0.353. The van der Waals surface area contributed by atoms with Gasteiger partial charge in [-0.25, -0.2) is 0 Å². The third-order valence-electron chi connectivity index (χ3n) is 6.71. The second-order valence-corrected chi connectivity index (χ2v) is 8.69. The molecule has 0 spiro atoms. The molecule has 2 bridgehead atoms. The molecule has 4 atom stereocenters. The van der Waals surface area contributed by atoms with Crippen molar-refractivity contribution in [2.45, 2.75) is 38.3 Å². The Bertz CT molecular complexity index is 544. The summed E-state index contributed by atoms with van der Waals surface area (Å²) in [6, 6.07) is 10.7. The summed E-state index contributed by atoms with van der Waals surface area (Å²) in [6.07, 6.45) is 5.30. The lowest BCUT2D eigenvalue weighted by atomic mass is 9.90. The molecule has 2 saturated carbocycles. The molecule has 4 heteroatoms. The Morgan fingerprint density at radius 1 is 1.00 bits per heavy atom. The molecule has 0 aromatic heterocycles. The minimum Gasteiger partial charge on any atom is -0.389 e. The molecule has 1 aromatic carbocycles. The predicted octanol–water partition coefficient (Wildman–Crippen LogP) is 2.62. The molecule has 0 unspecified atom stereocenters. The monoisotopic (exact) mass is 358 g/mol. The van der Waals surface area contributed by atoms with E-state index in [4.69, 9.17) is 4.74 Å². The van der Waals surface area contributed by atoms with Gasteiger partial charge < -0.3 is 9.84 Å². The smallest absolute Gasteiger partial charge is 0.0900 e. The minimum absolute atomic E-state index is 0.353. The van der Waals surface area contributed by atoms with Crippen molar-refractivity contribution in [2.24, 2.45) is 17.8 Å². The Labute approximate surface area is 158 Å². The highest BCUT2D eigenvalue weighted by Crippen LogP contribution is 2.48. The lowest BCUT2D eigenvalue weighted by Gasteiger charge is -2.35. The van der Waals surface area contributed by atoms with Crippen molar-refractivity contribution in [3.8, 4) is 0 Å². The molecule has 0 amide bonds. The van der Waals surface area contributed by atoms with E-state index in [0.717, 1.165) is 63.6 Å². The average molecular weight is 359 g/mol. The van der Waals surface area contributed by atoms with Crippen molar-refractivity contribution in [2.75, 3.05) is 45.9 Å². The first-order chi connectivity index (χ1) is 12.8. The van der Waals surface area contributed by atoms with E-state index in [1.807, 2.05) is 0 Å². The maximum Gasteiger partial charge on any atom is 0.0900 e. The normalized spacial score (nSPS) is 30.7. The number of hydrogen-bond acceptors (Lipinski definition) is 4. The van der Waals surface area contributed by atoms with Crippen LogP contribution in [0.5, 0.6) is 0 Å². The number of piperazine rings is 1. The zero-order valence-corrected chi connectivity index (χ0v) is 15.9. The molecule has 1 heterocycles. The van der Waals surface area contributed by atoms with Gasteiger partial charge in [0.2, 0.25) is 0 Å². The third-order valence-corrected chi connectivity index (χ3v) is 6.71. The molecule has 144 valence electrons. The van der Waals surface area contributed by atoms with E-state index in [0.29, 0.717) is 6.61 Å². The summed E-state index contributed by atoms with van der Waals surface area (Å²) in [5.74, 6) is 2.66. The number of benzene rings is 1. The first-order valence-corrected chi connectivity index (χ1v) is 10.5. The summed E-state index contributed by atoms with van der Waals surface area (Å²) >= 11 is 0. The van der Waals surface area contributed by atoms with E-state index < -0.39 is 0 Å². The standard InChI is InChI=1S/C22H34N2O2/c25-22(17-26-16-21-13-19-6-7-20(21)12-19)15-24-10-8-23(9-11-24)14-18-4-2-1-3-5-18/h1-5,19-22,25H,6-17H2/t19-,20-,21+,22+/m0/s1. The van der Waals surface area contributed by atoms with Crippen LogP contribution in [0, 0.1) is 17.8 Å². The van der Waals surface area contributed by atoms with Crippen molar-refractivity contribution in [1.29, 1.82) is 0 Å². The number of rotatable bonds is 8. The fraction of sp³-hybridized carbons (Fsp3) is 0.727. The Morgan fingerprint density at radius 3 is 2.46 bits per heavy atom. The van der Waals surface area contributed by atoms with E-state index in [1.165, 1.54) is 31.2 Å². The molecule has 4 nitrogen and oxygen atoms in total. The predicted molar refractivity (Wildman–Crippen MR) is 104 cm³/mol. The summed E-state index contributed by atoms with van der Waals surface area (Å²) in [5.41, 5.74) is 1.38. The van der Waals surface area contributed by atoms with Crippen LogP contribution in [-0.2, 0) is 11.3 Å². The van der Waals surface area contributed by atoms with Gasteiger partial charge in [0.15, 0.2) is 0 Å². The van der Waals surface area contributed by atoms with E-state index >= 15 is 0 Å². The molecule has 2 aliphatic carbocycles. The number of ether oxygens (including phenoxy) is 1. The Morgan fingerprint density at radius 2 is 1.77 bits per heavy atom. The zero-order chi connectivity index (χ0) is 17.8. The van der Waals surface area contributed by atoms with Gasteiger partial charge in [-0.15, -0.1) is 0 Å². The summed E-state index contributed by atoms with van der Waals surface area (Å²) in [5, 5.41) is 10.3. The molecule has 4 rings (SSSR count). The van der Waals surface area contributed by atoms with E-state index in [-0.39, 0.29) is 6.10 Å². The first-order valence-electron chi connectivity index (χ1n) is 10.5. The Balaban J connectivity index is 1.10. The second kappa shape index (κ2) is 8.83. The molecule has 3 aliphatic rings. The highest BCUT2D eigenvalue weighted by Gasteiger charge is 2.39. The number of aliphatic hydroxyl groups excluding tert-OH is 1. The SMILES string of the molecule is O[C@@H](COC[C@H]1C[C@H]2CC[C@H]1C2)CN1CCN(Cc2ccccc2)CC1. The van der Waals surface area contributed by atoms with Crippen LogP contribution in [0.25, 0.3) is 0 Å². The lowest BCUT2D eigenvalue weighted by Crippen LogP contribution is -2.48. The van der Waals surface area contributed by atoms with Crippen LogP contribution in [0.1, 0.15) is 31.2 Å². The van der Waals surface area contributed by atoms with Crippen LogP contribution < -0.4 is 0 Å². The van der Waals surface area contributed by atoms with Gasteiger partial charge in [0.05, 0.1) is 12.7 Å². The van der Waals surface area contributed by atoms with Crippen molar-refractivity contribution >= 4 is 0 Å². The first kappa shape index (κ1) is 18.4. The van der Waals surface area contributed by atoms with E-state index in [9.17, 15) is 5.11 Å². The van der Waals surface area contributed by atoms with Crippen molar-refractivity contribution in [1.82, 2.24) is 9.80 Å². The molecule has 0 radical (unpaired) electrons. The molecule has 26 heavy (non-hydrogen) atoms. The van der Waals surface area contributed by atoms with E-state index in [1.54, 1.807) is 0 Å². The van der Waals surface area contributed by atoms with Crippen LogP contribution in [0.3, 0.4) is 0 Å². The van der Waals surface area contributed by atoms with Gasteiger partial charge in [0, 0.05) is 45.9 Å². The van der Waals surface area contributed by atoms with Gasteiger partial charge in [-0.05, 0) is 42.6 Å². The quantitative estimate of drug-likeness (QED) is 0.775. The zero-order valence-electron chi connectivity index (χ0n) is 15.9. The van der Waals surface area contributed by atoms with Crippen molar-refractivity contribution in [3.63, 3.8) is 0 Å². The molecular formula is C22H34N2O2. The van der Waals surface area contributed by atoms with Crippen LogP contribution in [0.4, 0.5) is 0 Å². The fourth-order valence-corrected chi connectivity index (χ4v) is 5.26. The summed E-state index contributed by atoms with van der Waals surface area (Å²) in [6.45, 7) is 7.37. The van der Waals surface area contributed by atoms with Crippen LogP contribution >= 0.6 is 0 Å². The molecule has 3 fully saturated rings. The number of hydrogen-bond donors (Lipinski definition) is 1. The number of β-amino-alcohol motifs (C(OH)–C–C–N with tert-alkyl or cyclic N) is 1. The number of aliphatic hydroxyl groups is 1. The maximum atomic E-state index is 10.3. The fourth-order valence-electron chi connectivity index (χ4n) is 5.26. The molecule has 1 N–H and O–H groups in total. The van der Waals surface area contributed by atoms with Crippen LogP contribution in [-0.4, -0.2) is 66.9 Å². The number of fused-ring (bicyclic) bond motifs is 2. The molecule has 1 saturated heterocycles. The van der Waals surface area contributed by atoms with Gasteiger partial charge in [-0.2, -0.15) is 0 Å².